The van der Waals surface area contributed by atoms with Crippen LogP contribution in [0.4, 0.5) is 0 Å². The van der Waals surface area contributed by atoms with E-state index in [1.807, 2.05) is 19.9 Å². The molecule has 130 valence electrons. The number of ether oxygens (including phenoxy) is 1. The molecule has 0 aliphatic carbocycles. The third-order valence-corrected chi connectivity index (χ3v) is 5.50. The number of aryl methyl sites for hydroxylation is 2. The molecule has 2 heterocycles. The molecule has 0 unspecified atom stereocenters. The second-order valence-electron chi connectivity index (χ2n) is 5.71. The lowest BCUT2D eigenvalue weighted by Crippen LogP contribution is -2.50. The molecule has 1 aliphatic rings. The molecule has 0 saturated carbocycles. The van der Waals surface area contributed by atoms with Crippen molar-refractivity contribution in [1.82, 2.24) is 5.16 Å². The van der Waals surface area contributed by atoms with Crippen LogP contribution >= 0.6 is 23.4 Å². The van der Waals surface area contributed by atoms with Crippen LogP contribution in [-0.2, 0) is 0 Å². The first-order valence-electron chi connectivity index (χ1n) is 7.43. The molecular weight excluding hydrogens is 354 g/mol. The molecule has 8 heteroatoms. The van der Waals surface area contributed by atoms with E-state index in [0.717, 1.165) is 16.8 Å². The van der Waals surface area contributed by atoms with Gasteiger partial charge in [0.05, 0.1) is 16.8 Å². The molecule has 0 bridgehead atoms. The lowest BCUT2D eigenvalue weighted by Gasteiger charge is -2.34. The number of aliphatic hydroxyl groups is 3. The van der Waals surface area contributed by atoms with Crippen molar-refractivity contribution in [2.24, 2.45) is 0 Å². The fourth-order valence-electron chi connectivity index (χ4n) is 2.65. The minimum Gasteiger partial charge on any atom is -0.475 e. The van der Waals surface area contributed by atoms with Gasteiger partial charge in [-0.3, -0.25) is 0 Å². The Bertz CT molecular complexity index is 718. The monoisotopic (exact) mass is 371 g/mol. The van der Waals surface area contributed by atoms with E-state index in [-0.39, 0.29) is 5.75 Å². The summed E-state index contributed by atoms with van der Waals surface area (Å²) in [4.78, 5) is 0. The molecule has 6 nitrogen and oxygen atoms in total. The van der Waals surface area contributed by atoms with E-state index in [9.17, 15) is 15.3 Å². The van der Waals surface area contributed by atoms with Gasteiger partial charge in [-0.25, -0.2) is 0 Å². The van der Waals surface area contributed by atoms with Crippen molar-refractivity contribution in [3.05, 3.63) is 34.7 Å². The second-order valence-corrected chi connectivity index (χ2v) is 7.25. The lowest BCUT2D eigenvalue weighted by atomic mass is 10.0. The Hall–Kier alpha value is -1.25. The molecule has 3 N–H and O–H groups in total. The van der Waals surface area contributed by atoms with Crippen LogP contribution in [0.3, 0.4) is 0 Å². The summed E-state index contributed by atoms with van der Waals surface area (Å²) in [6.45, 7) is 3.67. The Morgan fingerprint density at radius 1 is 1.25 bits per heavy atom. The van der Waals surface area contributed by atoms with Crippen molar-refractivity contribution in [3.8, 4) is 16.9 Å². The SMILES string of the molecule is Cc1noc(C)c1-c1ccc(Cl)c(O[C@H]2SC[C@@H](O)[C@H](O)[C@H]2O)c1. The highest BCUT2D eigenvalue weighted by molar-refractivity contribution is 7.99. The highest BCUT2D eigenvalue weighted by Crippen LogP contribution is 2.37. The van der Waals surface area contributed by atoms with Gasteiger partial charge in [-0.1, -0.05) is 22.8 Å². The topological polar surface area (TPSA) is 96.0 Å². The van der Waals surface area contributed by atoms with E-state index < -0.39 is 23.7 Å². The smallest absolute Gasteiger partial charge is 0.173 e. The quantitative estimate of drug-likeness (QED) is 0.760. The molecule has 1 aliphatic heterocycles. The van der Waals surface area contributed by atoms with Gasteiger partial charge in [-0.15, -0.1) is 11.8 Å². The highest BCUT2D eigenvalue weighted by atomic mass is 35.5. The van der Waals surface area contributed by atoms with E-state index in [1.165, 1.54) is 11.8 Å². The van der Waals surface area contributed by atoms with Gasteiger partial charge in [-0.2, -0.15) is 0 Å². The van der Waals surface area contributed by atoms with Crippen molar-refractivity contribution in [3.63, 3.8) is 0 Å². The zero-order valence-corrected chi connectivity index (χ0v) is 14.7. The highest BCUT2D eigenvalue weighted by Gasteiger charge is 2.38. The fraction of sp³-hybridized carbons (Fsp3) is 0.438. The van der Waals surface area contributed by atoms with E-state index in [4.69, 9.17) is 20.9 Å². The number of nitrogens with zero attached hydrogens (tertiary/aromatic N) is 1. The third kappa shape index (κ3) is 3.27. The maximum atomic E-state index is 10.1. The molecule has 0 amide bonds. The molecule has 1 fully saturated rings. The molecule has 1 aromatic heterocycles. The van der Waals surface area contributed by atoms with Crippen molar-refractivity contribution in [2.75, 3.05) is 5.75 Å². The summed E-state index contributed by atoms with van der Waals surface area (Å²) in [6, 6.07) is 5.29. The van der Waals surface area contributed by atoms with Gasteiger partial charge < -0.3 is 24.6 Å². The predicted molar refractivity (Wildman–Crippen MR) is 91.3 cm³/mol. The van der Waals surface area contributed by atoms with Gasteiger partial charge in [0.15, 0.2) is 5.44 Å². The fourth-order valence-corrected chi connectivity index (χ4v) is 3.93. The zero-order chi connectivity index (χ0) is 17.4. The molecule has 1 saturated heterocycles. The zero-order valence-electron chi connectivity index (χ0n) is 13.1. The summed E-state index contributed by atoms with van der Waals surface area (Å²) in [5.74, 6) is 1.34. The number of benzene rings is 1. The maximum Gasteiger partial charge on any atom is 0.173 e. The normalized spacial score (nSPS) is 27.2. The Balaban J connectivity index is 1.88. The average molecular weight is 372 g/mol. The first-order valence-corrected chi connectivity index (χ1v) is 8.86. The Kier molecular flexibility index (Phi) is 5.08. The molecule has 24 heavy (non-hydrogen) atoms. The number of hydrogen-bond acceptors (Lipinski definition) is 7. The number of hydrogen-bond donors (Lipinski definition) is 3. The number of thioether (sulfide) groups is 1. The summed E-state index contributed by atoms with van der Waals surface area (Å²) < 4.78 is 11.0. The van der Waals surface area contributed by atoms with E-state index in [1.54, 1.807) is 12.1 Å². The molecule has 2 aromatic rings. The van der Waals surface area contributed by atoms with Gasteiger partial charge in [0, 0.05) is 11.3 Å². The van der Waals surface area contributed by atoms with Crippen LogP contribution in [-0.4, -0.2) is 50.0 Å². The van der Waals surface area contributed by atoms with E-state index in [2.05, 4.69) is 5.16 Å². The van der Waals surface area contributed by atoms with Crippen LogP contribution in [0.25, 0.3) is 11.1 Å². The third-order valence-electron chi connectivity index (χ3n) is 3.95. The summed E-state index contributed by atoms with van der Waals surface area (Å²) in [7, 11) is 0. The molecular formula is C16H18ClNO5S. The van der Waals surface area contributed by atoms with Crippen molar-refractivity contribution >= 4 is 23.4 Å². The minimum absolute atomic E-state index is 0.268. The standard InChI is InChI=1S/C16H18ClNO5S/c1-7-13(8(2)23-18-7)9-3-4-10(17)12(5-9)22-16-15(21)14(20)11(19)6-24-16/h3-5,11,14-16,19-21H,6H2,1-2H3/t11-,14+,15-,16+/m1/s1. The van der Waals surface area contributed by atoms with Crippen LogP contribution in [0.2, 0.25) is 5.02 Å². The Morgan fingerprint density at radius 3 is 2.67 bits per heavy atom. The summed E-state index contributed by atoms with van der Waals surface area (Å²) in [5.41, 5.74) is 1.73. The number of aromatic nitrogens is 1. The summed E-state index contributed by atoms with van der Waals surface area (Å²) >= 11 is 7.43. The van der Waals surface area contributed by atoms with Crippen LogP contribution in [0.5, 0.6) is 5.75 Å². The van der Waals surface area contributed by atoms with Crippen molar-refractivity contribution in [1.29, 1.82) is 0 Å². The second kappa shape index (κ2) is 6.93. The van der Waals surface area contributed by atoms with Crippen LogP contribution < -0.4 is 4.74 Å². The average Bonchev–Trinajstić information content (AvgIpc) is 2.89. The lowest BCUT2D eigenvalue weighted by molar-refractivity contribution is -0.0785. The van der Waals surface area contributed by atoms with Gasteiger partial charge >= 0.3 is 0 Å². The minimum atomic E-state index is -1.25. The summed E-state index contributed by atoms with van der Waals surface area (Å²) in [5, 5.41) is 33.8. The molecule has 1 aromatic carbocycles. The molecule has 0 spiro atoms. The number of aliphatic hydroxyl groups excluding tert-OH is 3. The van der Waals surface area contributed by atoms with Crippen LogP contribution in [0, 0.1) is 13.8 Å². The largest absolute Gasteiger partial charge is 0.475 e. The maximum absolute atomic E-state index is 10.1. The first kappa shape index (κ1) is 17.6. The van der Waals surface area contributed by atoms with Gasteiger partial charge in [0.1, 0.15) is 23.7 Å². The van der Waals surface area contributed by atoms with Gasteiger partial charge in [-0.05, 0) is 31.5 Å². The first-order chi connectivity index (χ1) is 11.4. The van der Waals surface area contributed by atoms with Crippen molar-refractivity contribution < 1.29 is 24.6 Å². The molecule has 0 radical (unpaired) electrons. The van der Waals surface area contributed by atoms with Gasteiger partial charge in [0.25, 0.3) is 0 Å². The summed E-state index contributed by atoms with van der Waals surface area (Å²) in [6.07, 6.45) is -3.44. The van der Waals surface area contributed by atoms with E-state index in [0.29, 0.717) is 16.5 Å². The Morgan fingerprint density at radius 2 is 2.00 bits per heavy atom. The Labute approximate surface area is 148 Å². The van der Waals surface area contributed by atoms with Crippen molar-refractivity contribution in [2.45, 2.75) is 37.6 Å². The number of halogens is 1. The molecule has 4 atom stereocenters. The van der Waals surface area contributed by atoms with Crippen LogP contribution in [0.15, 0.2) is 22.7 Å². The van der Waals surface area contributed by atoms with Gasteiger partial charge in [0.2, 0.25) is 0 Å². The van der Waals surface area contributed by atoms with Crippen LogP contribution in [0.1, 0.15) is 11.5 Å². The number of rotatable bonds is 3. The predicted octanol–water partition coefficient (Wildman–Crippen LogP) is 2.15. The molecule has 3 rings (SSSR count). The van der Waals surface area contributed by atoms with E-state index >= 15 is 0 Å².